The summed E-state index contributed by atoms with van der Waals surface area (Å²) in [7, 11) is 0. The first-order valence-electron chi connectivity index (χ1n) is 6.10. The molecule has 1 heterocycles. The van der Waals surface area contributed by atoms with Crippen LogP contribution in [0.1, 0.15) is 11.1 Å². The minimum atomic E-state index is -0.559. The van der Waals surface area contributed by atoms with Crippen LogP contribution in [0, 0.1) is 25.5 Å². The van der Waals surface area contributed by atoms with Crippen LogP contribution in [0.2, 0.25) is 0 Å². The lowest BCUT2D eigenvalue weighted by Gasteiger charge is -2.01. The number of hydrogen-bond donors (Lipinski definition) is 1. The Hall–Kier alpha value is -2.16. The first-order valence-corrected chi connectivity index (χ1v) is 6.10. The van der Waals surface area contributed by atoms with Crippen LogP contribution in [0.5, 0.6) is 0 Å². The van der Waals surface area contributed by atoms with E-state index in [4.69, 9.17) is 0 Å². The molecule has 3 heteroatoms. The highest BCUT2D eigenvalue weighted by Crippen LogP contribution is 2.31. The van der Waals surface area contributed by atoms with E-state index in [9.17, 15) is 8.78 Å². The average Bonchev–Trinajstić information content (AvgIpc) is 2.69. The van der Waals surface area contributed by atoms with Gasteiger partial charge in [0, 0.05) is 17.1 Å². The Morgan fingerprint density at radius 2 is 1.63 bits per heavy atom. The molecule has 0 spiro atoms. The van der Waals surface area contributed by atoms with Gasteiger partial charge in [0.05, 0.1) is 5.52 Å². The fraction of sp³-hybridized carbons (Fsp3) is 0.125. The lowest BCUT2D eigenvalue weighted by Crippen LogP contribution is -1.81. The third-order valence-electron chi connectivity index (χ3n) is 3.42. The van der Waals surface area contributed by atoms with Gasteiger partial charge in [-0.25, -0.2) is 8.78 Å². The van der Waals surface area contributed by atoms with Crippen molar-refractivity contribution in [2.24, 2.45) is 0 Å². The molecule has 0 saturated heterocycles. The van der Waals surface area contributed by atoms with E-state index in [1.54, 1.807) is 0 Å². The summed E-state index contributed by atoms with van der Waals surface area (Å²) in [5, 5.41) is 0.591. The topological polar surface area (TPSA) is 15.8 Å². The zero-order valence-corrected chi connectivity index (χ0v) is 10.7. The third kappa shape index (κ3) is 1.91. The Morgan fingerprint density at radius 1 is 0.947 bits per heavy atom. The maximum Gasteiger partial charge on any atom is 0.150 e. The van der Waals surface area contributed by atoms with E-state index in [1.165, 1.54) is 6.07 Å². The van der Waals surface area contributed by atoms with Crippen molar-refractivity contribution in [2.75, 3.05) is 0 Å². The quantitative estimate of drug-likeness (QED) is 0.648. The molecule has 96 valence electrons. The van der Waals surface area contributed by atoms with E-state index < -0.39 is 11.6 Å². The summed E-state index contributed by atoms with van der Waals surface area (Å²) >= 11 is 0. The third-order valence-corrected chi connectivity index (χ3v) is 3.42. The molecular formula is C16H13F2N. The number of aromatic amines is 1. The van der Waals surface area contributed by atoms with Gasteiger partial charge in [0.1, 0.15) is 11.6 Å². The van der Waals surface area contributed by atoms with Crippen LogP contribution in [0.25, 0.3) is 22.2 Å². The Bertz CT molecular complexity index is 755. The van der Waals surface area contributed by atoms with Crippen LogP contribution in [-0.4, -0.2) is 4.98 Å². The monoisotopic (exact) mass is 257 g/mol. The highest BCUT2D eigenvalue weighted by molar-refractivity contribution is 5.90. The number of hydrogen-bond acceptors (Lipinski definition) is 0. The molecule has 2 aromatic carbocycles. The number of fused-ring (bicyclic) bond motifs is 1. The van der Waals surface area contributed by atoms with Gasteiger partial charge in [0.15, 0.2) is 0 Å². The van der Waals surface area contributed by atoms with Gasteiger partial charge >= 0.3 is 0 Å². The van der Waals surface area contributed by atoms with Crippen molar-refractivity contribution < 1.29 is 8.78 Å². The molecule has 0 aliphatic heterocycles. The first-order chi connectivity index (χ1) is 9.06. The standard InChI is InChI=1S/C16H13F2N/c1-9-3-5-11(6-4-9)15-10(2)13-7-12(17)8-14(18)16(13)19-15/h3-8,19H,1-2H3. The maximum absolute atomic E-state index is 13.7. The van der Waals surface area contributed by atoms with Gasteiger partial charge in [-0.3, -0.25) is 0 Å². The van der Waals surface area contributed by atoms with Crippen LogP contribution in [-0.2, 0) is 0 Å². The summed E-state index contributed by atoms with van der Waals surface area (Å²) in [5.41, 5.74) is 4.18. The van der Waals surface area contributed by atoms with Crippen LogP contribution in [0.4, 0.5) is 8.78 Å². The van der Waals surface area contributed by atoms with Gasteiger partial charge in [-0.05, 0) is 31.0 Å². The summed E-state index contributed by atoms with van der Waals surface area (Å²) < 4.78 is 27.0. The number of rotatable bonds is 1. The molecule has 0 atom stereocenters. The number of nitrogens with one attached hydrogen (secondary N) is 1. The molecule has 1 nitrogen and oxygen atoms in total. The fourth-order valence-corrected chi connectivity index (χ4v) is 2.36. The highest BCUT2D eigenvalue weighted by Gasteiger charge is 2.13. The van der Waals surface area contributed by atoms with Crippen molar-refractivity contribution >= 4 is 10.9 Å². The zero-order chi connectivity index (χ0) is 13.6. The van der Waals surface area contributed by atoms with E-state index in [0.717, 1.165) is 28.5 Å². The number of halogens is 2. The molecule has 1 N–H and O–H groups in total. The Balaban J connectivity index is 2.28. The Morgan fingerprint density at radius 3 is 2.32 bits per heavy atom. The van der Waals surface area contributed by atoms with Crippen molar-refractivity contribution in [3.8, 4) is 11.3 Å². The molecule has 0 amide bonds. The van der Waals surface area contributed by atoms with E-state index in [2.05, 4.69) is 4.98 Å². The van der Waals surface area contributed by atoms with Crippen molar-refractivity contribution in [1.29, 1.82) is 0 Å². The highest BCUT2D eigenvalue weighted by atomic mass is 19.1. The molecule has 19 heavy (non-hydrogen) atoms. The van der Waals surface area contributed by atoms with Gasteiger partial charge in [0.2, 0.25) is 0 Å². The lowest BCUT2D eigenvalue weighted by atomic mass is 10.1. The van der Waals surface area contributed by atoms with E-state index in [0.29, 0.717) is 10.9 Å². The van der Waals surface area contributed by atoms with Gasteiger partial charge in [0.25, 0.3) is 0 Å². The summed E-state index contributed by atoms with van der Waals surface area (Å²) in [4.78, 5) is 3.05. The molecule has 0 radical (unpaired) electrons. The first kappa shape index (κ1) is 11.9. The molecule has 1 aromatic heterocycles. The van der Waals surface area contributed by atoms with E-state index in [-0.39, 0.29) is 0 Å². The molecule has 3 aromatic rings. The van der Waals surface area contributed by atoms with Crippen molar-refractivity contribution in [1.82, 2.24) is 4.98 Å². The summed E-state index contributed by atoms with van der Waals surface area (Å²) in [6, 6.07) is 10.2. The fourth-order valence-electron chi connectivity index (χ4n) is 2.36. The second-order valence-electron chi connectivity index (χ2n) is 4.80. The predicted molar refractivity (Wildman–Crippen MR) is 73.1 cm³/mol. The second kappa shape index (κ2) is 4.19. The van der Waals surface area contributed by atoms with Crippen molar-refractivity contribution in [3.05, 3.63) is 59.2 Å². The summed E-state index contributed by atoms with van der Waals surface area (Å²) in [5.74, 6) is -1.11. The largest absolute Gasteiger partial charge is 0.352 e. The second-order valence-corrected chi connectivity index (χ2v) is 4.80. The van der Waals surface area contributed by atoms with Crippen LogP contribution in [0.15, 0.2) is 36.4 Å². The number of aromatic nitrogens is 1. The van der Waals surface area contributed by atoms with Crippen LogP contribution >= 0.6 is 0 Å². The molecule has 0 bridgehead atoms. The maximum atomic E-state index is 13.7. The van der Waals surface area contributed by atoms with E-state index >= 15 is 0 Å². The van der Waals surface area contributed by atoms with E-state index in [1.807, 2.05) is 38.1 Å². The van der Waals surface area contributed by atoms with Gasteiger partial charge in [-0.15, -0.1) is 0 Å². The van der Waals surface area contributed by atoms with Gasteiger partial charge in [-0.2, -0.15) is 0 Å². The minimum absolute atomic E-state index is 0.356. The lowest BCUT2D eigenvalue weighted by molar-refractivity contribution is 0.591. The molecule has 0 unspecified atom stereocenters. The molecule has 0 aliphatic rings. The number of H-pyrrole nitrogens is 1. The van der Waals surface area contributed by atoms with Crippen molar-refractivity contribution in [3.63, 3.8) is 0 Å². The SMILES string of the molecule is Cc1ccc(-c2[nH]c3c(F)cc(F)cc3c2C)cc1. The normalized spacial score (nSPS) is 11.2. The van der Waals surface area contributed by atoms with Crippen LogP contribution < -0.4 is 0 Å². The summed E-state index contributed by atoms with van der Waals surface area (Å²) in [6.07, 6.45) is 0. The zero-order valence-electron chi connectivity index (χ0n) is 10.7. The number of benzene rings is 2. The predicted octanol–water partition coefficient (Wildman–Crippen LogP) is 4.73. The molecular weight excluding hydrogens is 244 g/mol. The van der Waals surface area contributed by atoms with Gasteiger partial charge in [-0.1, -0.05) is 29.8 Å². The van der Waals surface area contributed by atoms with Crippen molar-refractivity contribution in [2.45, 2.75) is 13.8 Å². The Labute approximate surface area is 109 Å². The van der Waals surface area contributed by atoms with Crippen LogP contribution in [0.3, 0.4) is 0 Å². The molecule has 0 fully saturated rings. The smallest absolute Gasteiger partial charge is 0.150 e. The molecule has 3 rings (SSSR count). The number of aryl methyl sites for hydroxylation is 2. The molecule has 0 aliphatic carbocycles. The minimum Gasteiger partial charge on any atom is -0.352 e. The Kier molecular flexibility index (Phi) is 2.63. The average molecular weight is 257 g/mol. The van der Waals surface area contributed by atoms with Gasteiger partial charge < -0.3 is 4.98 Å². The molecule has 0 saturated carbocycles. The summed E-state index contributed by atoms with van der Waals surface area (Å²) in [6.45, 7) is 3.88.